The van der Waals surface area contributed by atoms with Gasteiger partial charge in [0.25, 0.3) is 0 Å². The maximum atomic E-state index is 11.4. The summed E-state index contributed by atoms with van der Waals surface area (Å²) in [5.74, 6) is 0.186. The average Bonchev–Trinajstić information content (AvgIpc) is 2.49. The van der Waals surface area contributed by atoms with Gasteiger partial charge in [0.1, 0.15) is 0 Å². The van der Waals surface area contributed by atoms with Gasteiger partial charge in [0.2, 0.25) is 0 Å². The molecule has 0 bridgehead atoms. The monoisotopic (exact) mass is 165 g/mol. The molecule has 2 rings (SSSR count). The minimum absolute atomic E-state index is 0.186. The minimum Gasteiger partial charge on any atom is -0.325 e. The number of aryl methyl sites for hydroxylation is 1. The van der Waals surface area contributed by atoms with Crippen LogP contribution in [0.4, 0.5) is 0 Å². The lowest BCUT2D eigenvalue weighted by Gasteiger charge is -2.09. The fraction of sp³-hybridized carbons (Fsp3) is 0.500. The number of aromatic nitrogens is 2. The molecular formula is C8H11N3O. The standard InChI is InChI=1S/C8H11N3O/c9-4-6-8-5(10-11-6)2-1-3-7(8)12/h1-4,9H2,(H,10,11). The normalized spacial score (nSPS) is 16.2. The molecule has 3 N–H and O–H groups in total. The highest BCUT2D eigenvalue weighted by Gasteiger charge is 2.22. The lowest BCUT2D eigenvalue weighted by molar-refractivity contribution is 0.0971. The third-order valence-corrected chi connectivity index (χ3v) is 2.22. The van der Waals surface area contributed by atoms with Gasteiger partial charge in [0.05, 0.1) is 11.3 Å². The molecule has 64 valence electrons. The van der Waals surface area contributed by atoms with Gasteiger partial charge in [-0.15, -0.1) is 0 Å². The van der Waals surface area contributed by atoms with E-state index < -0.39 is 0 Å². The molecule has 0 fully saturated rings. The zero-order valence-corrected chi connectivity index (χ0v) is 6.76. The van der Waals surface area contributed by atoms with Crippen LogP contribution in [0.5, 0.6) is 0 Å². The highest BCUT2D eigenvalue weighted by molar-refractivity contribution is 5.99. The van der Waals surface area contributed by atoms with Gasteiger partial charge < -0.3 is 5.73 Å². The summed E-state index contributed by atoms with van der Waals surface area (Å²) in [7, 11) is 0. The van der Waals surface area contributed by atoms with Crippen LogP contribution in [0.25, 0.3) is 0 Å². The van der Waals surface area contributed by atoms with Crippen molar-refractivity contribution < 1.29 is 4.79 Å². The summed E-state index contributed by atoms with van der Waals surface area (Å²) in [5.41, 5.74) is 7.88. The number of carbonyl (C=O) groups excluding carboxylic acids is 1. The Hall–Kier alpha value is -1.16. The minimum atomic E-state index is 0.186. The number of ketones is 1. The molecule has 0 atom stereocenters. The number of fused-ring (bicyclic) bond motifs is 1. The molecule has 0 radical (unpaired) electrons. The van der Waals surface area contributed by atoms with Crippen LogP contribution in [0.3, 0.4) is 0 Å². The van der Waals surface area contributed by atoms with Crippen molar-refractivity contribution in [2.24, 2.45) is 5.73 Å². The van der Waals surface area contributed by atoms with E-state index in [4.69, 9.17) is 5.73 Å². The highest BCUT2D eigenvalue weighted by Crippen LogP contribution is 2.21. The van der Waals surface area contributed by atoms with Crippen molar-refractivity contribution in [3.8, 4) is 0 Å². The smallest absolute Gasteiger partial charge is 0.166 e. The van der Waals surface area contributed by atoms with Gasteiger partial charge >= 0.3 is 0 Å². The Labute approximate surface area is 70.1 Å². The Morgan fingerprint density at radius 3 is 3.08 bits per heavy atom. The third-order valence-electron chi connectivity index (χ3n) is 2.22. The largest absolute Gasteiger partial charge is 0.325 e. The maximum Gasteiger partial charge on any atom is 0.166 e. The van der Waals surface area contributed by atoms with Crippen LogP contribution in [-0.4, -0.2) is 16.0 Å². The van der Waals surface area contributed by atoms with Crippen molar-refractivity contribution in [2.75, 3.05) is 0 Å². The summed E-state index contributed by atoms with van der Waals surface area (Å²) in [5, 5.41) is 6.85. The Balaban J connectivity index is 2.50. The van der Waals surface area contributed by atoms with Crippen LogP contribution in [-0.2, 0) is 13.0 Å². The van der Waals surface area contributed by atoms with Crippen molar-refractivity contribution in [3.05, 3.63) is 17.0 Å². The molecule has 0 amide bonds. The molecular weight excluding hydrogens is 154 g/mol. The average molecular weight is 165 g/mol. The second kappa shape index (κ2) is 2.71. The molecule has 0 aliphatic heterocycles. The highest BCUT2D eigenvalue weighted by atomic mass is 16.1. The van der Waals surface area contributed by atoms with Crippen molar-refractivity contribution >= 4 is 5.78 Å². The van der Waals surface area contributed by atoms with E-state index >= 15 is 0 Å². The van der Waals surface area contributed by atoms with Crippen molar-refractivity contribution in [1.82, 2.24) is 10.2 Å². The number of aromatic amines is 1. The molecule has 0 unspecified atom stereocenters. The van der Waals surface area contributed by atoms with E-state index in [0.29, 0.717) is 13.0 Å². The van der Waals surface area contributed by atoms with Crippen molar-refractivity contribution in [1.29, 1.82) is 0 Å². The fourth-order valence-corrected chi connectivity index (χ4v) is 1.63. The zero-order chi connectivity index (χ0) is 8.55. The SMILES string of the molecule is NCc1n[nH]c2c1C(=O)CCC2. The number of nitrogens with zero attached hydrogens (tertiary/aromatic N) is 1. The Morgan fingerprint density at radius 1 is 1.50 bits per heavy atom. The van der Waals surface area contributed by atoms with E-state index in [2.05, 4.69) is 10.2 Å². The number of hydrogen-bond acceptors (Lipinski definition) is 3. The first kappa shape index (κ1) is 7.49. The van der Waals surface area contributed by atoms with Crippen LogP contribution in [0, 0.1) is 0 Å². The summed E-state index contributed by atoms with van der Waals surface area (Å²) < 4.78 is 0. The van der Waals surface area contributed by atoms with E-state index in [9.17, 15) is 4.79 Å². The number of carbonyl (C=O) groups is 1. The number of nitrogens with one attached hydrogen (secondary N) is 1. The number of rotatable bonds is 1. The first-order valence-corrected chi connectivity index (χ1v) is 4.12. The van der Waals surface area contributed by atoms with E-state index in [1.165, 1.54) is 0 Å². The predicted molar refractivity (Wildman–Crippen MR) is 43.7 cm³/mol. The summed E-state index contributed by atoms with van der Waals surface area (Å²) in [6.07, 6.45) is 2.49. The Morgan fingerprint density at radius 2 is 2.33 bits per heavy atom. The molecule has 1 aromatic heterocycles. The van der Waals surface area contributed by atoms with E-state index in [-0.39, 0.29) is 5.78 Å². The Kier molecular flexibility index (Phi) is 1.69. The molecule has 4 nitrogen and oxygen atoms in total. The predicted octanol–water partition coefficient (Wildman–Crippen LogP) is 0.387. The summed E-state index contributed by atoms with van der Waals surface area (Å²) in [6.45, 7) is 0.345. The van der Waals surface area contributed by atoms with Crippen LogP contribution >= 0.6 is 0 Å². The number of H-pyrrole nitrogens is 1. The summed E-state index contributed by atoms with van der Waals surface area (Å²) in [6, 6.07) is 0. The number of hydrogen-bond donors (Lipinski definition) is 2. The molecule has 0 saturated carbocycles. The molecule has 1 aliphatic rings. The van der Waals surface area contributed by atoms with Gasteiger partial charge in [-0.05, 0) is 12.8 Å². The molecule has 12 heavy (non-hydrogen) atoms. The van der Waals surface area contributed by atoms with E-state index in [1.807, 2.05) is 0 Å². The van der Waals surface area contributed by atoms with Gasteiger partial charge in [0, 0.05) is 18.7 Å². The van der Waals surface area contributed by atoms with E-state index in [0.717, 1.165) is 29.8 Å². The van der Waals surface area contributed by atoms with Crippen LogP contribution < -0.4 is 5.73 Å². The number of Topliss-reactive ketones (excluding diaryl/α,β-unsaturated/α-hetero) is 1. The van der Waals surface area contributed by atoms with Gasteiger partial charge in [-0.25, -0.2) is 0 Å². The van der Waals surface area contributed by atoms with Crippen molar-refractivity contribution in [2.45, 2.75) is 25.8 Å². The maximum absolute atomic E-state index is 11.4. The molecule has 0 saturated heterocycles. The van der Waals surface area contributed by atoms with Gasteiger partial charge in [-0.1, -0.05) is 0 Å². The van der Waals surface area contributed by atoms with E-state index in [1.54, 1.807) is 0 Å². The first-order valence-electron chi connectivity index (χ1n) is 4.12. The molecule has 0 aromatic carbocycles. The second-order valence-corrected chi connectivity index (χ2v) is 3.00. The van der Waals surface area contributed by atoms with Crippen molar-refractivity contribution in [3.63, 3.8) is 0 Å². The second-order valence-electron chi connectivity index (χ2n) is 3.00. The van der Waals surface area contributed by atoms with Gasteiger partial charge in [-0.3, -0.25) is 9.89 Å². The summed E-state index contributed by atoms with van der Waals surface area (Å²) >= 11 is 0. The Bertz CT molecular complexity index is 303. The third kappa shape index (κ3) is 0.956. The number of nitrogens with two attached hydrogens (primary N) is 1. The molecule has 0 spiro atoms. The van der Waals surface area contributed by atoms with Crippen LogP contribution in [0.2, 0.25) is 0 Å². The fourth-order valence-electron chi connectivity index (χ4n) is 1.63. The van der Waals surface area contributed by atoms with Gasteiger partial charge in [-0.2, -0.15) is 5.10 Å². The lowest BCUT2D eigenvalue weighted by atomic mass is 9.95. The molecule has 1 aromatic rings. The topological polar surface area (TPSA) is 71.8 Å². The molecule has 1 aliphatic carbocycles. The molecule has 1 heterocycles. The van der Waals surface area contributed by atoms with Crippen LogP contribution in [0.15, 0.2) is 0 Å². The van der Waals surface area contributed by atoms with Crippen LogP contribution in [0.1, 0.15) is 34.6 Å². The van der Waals surface area contributed by atoms with Gasteiger partial charge in [0.15, 0.2) is 5.78 Å². The molecule has 4 heteroatoms. The quantitative estimate of drug-likeness (QED) is 0.632. The first-order chi connectivity index (χ1) is 5.83. The summed E-state index contributed by atoms with van der Waals surface area (Å²) in [4.78, 5) is 11.4. The zero-order valence-electron chi connectivity index (χ0n) is 6.76. The lowest BCUT2D eigenvalue weighted by Crippen LogP contribution is -2.12.